The standard InChI is InChI=1S/C11H16N2S/c1-13-8-4-6-10(13)9-5-3-7-12-11(9)14-2/h3,5,7,10H,4,6,8H2,1-2H3. The van der Waals surface area contributed by atoms with Gasteiger partial charge in [0.2, 0.25) is 0 Å². The predicted octanol–water partition coefficient (Wildman–Crippen LogP) is 2.57. The molecular weight excluding hydrogens is 192 g/mol. The van der Waals surface area contributed by atoms with Gasteiger partial charge in [-0.15, -0.1) is 11.8 Å². The molecule has 0 saturated carbocycles. The molecule has 2 rings (SSSR count). The van der Waals surface area contributed by atoms with Crippen LogP contribution in [0.25, 0.3) is 0 Å². The van der Waals surface area contributed by atoms with Crippen molar-refractivity contribution in [1.82, 2.24) is 9.88 Å². The Bertz CT molecular complexity index is 314. The van der Waals surface area contributed by atoms with Crippen LogP contribution in [0.15, 0.2) is 23.4 Å². The van der Waals surface area contributed by atoms with Gasteiger partial charge in [0.05, 0.1) is 0 Å². The Morgan fingerprint density at radius 1 is 1.57 bits per heavy atom. The Balaban J connectivity index is 2.30. The number of pyridine rings is 1. The minimum Gasteiger partial charge on any atom is -0.299 e. The van der Waals surface area contributed by atoms with Crippen LogP contribution < -0.4 is 0 Å². The lowest BCUT2D eigenvalue weighted by Gasteiger charge is -2.21. The third-order valence-electron chi connectivity index (χ3n) is 2.87. The van der Waals surface area contributed by atoms with Crippen LogP contribution in [0.1, 0.15) is 24.4 Å². The van der Waals surface area contributed by atoms with Gasteiger partial charge >= 0.3 is 0 Å². The van der Waals surface area contributed by atoms with Crippen molar-refractivity contribution in [3.63, 3.8) is 0 Å². The van der Waals surface area contributed by atoms with Crippen LogP contribution in [-0.2, 0) is 0 Å². The van der Waals surface area contributed by atoms with Gasteiger partial charge in [0, 0.05) is 17.8 Å². The van der Waals surface area contributed by atoms with E-state index in [-0.39, 0.29) is 0 Å². The molecule has 1 fully saturated rings. The van der Waals surface area contributed by atoms with Crippen molar-refractivity contribution in [3.05, 3.63) is 23.9 Å². The molecule has 0 radical (unpaired) electrons. The van der Waals surface area contributed by atoms with E-state index in [1.165, 1.54) is 30.0 Å². The molecule has 1 aromatic rings. The molecular formula is C11H16N2S. The van der Waals surface area contributed by atoms with E-state index in [0.29, 0.717) is 6.04 Å². The van der Waals surface area contributed by atoms with Gasteiger partial charge in [-0.05, 0) is 38.8 Å². The van der Waals surface area contributed by atoms with E-state index >= 15 is 0 Å². The third kappa shape index (κ3) is 1.79. The highest BCUT2D eigenvalue weighted by molar-refractivity contribution is 7.98. The summed E-state index contributed by atoms with van der Waals surface area (Å²) in [6.07, 6.45) is 6.56. The summed E-state index contributed by atoms with van der Waals surface area (Å²) in [5.41, 5.74) is 1.40. The smallest absolute Gasteiger partial charge is 0.100 e. The largest absolute Gasteiger partial charge is 0.299 e. The Kier molecular flexibility index (Phi) is 3.08. The Morgan fingerprint density at radius 3 is 3.07 bits per heavy atom. The molecule has 0 N–H and O–H groups in total. The molecule has 1 aromatic heterocycles. The fourth-order valence-electron chi connectivity index (χ4n) is 2.13. The van der Waals surface area contributed by atoms with Crippen molar-refractivity contribution in [1.29, 1.82) is 0 Å². The first-order valence-electron chi connectivity index (χ1n) is 5.02. The summed E-state index contributed by atoms with van der Waals surface area (Å²) in [4.78, 5) is 6.84. The van der Waals surface area contributed by atoms with Crippen molar-refractivity contribution in [2.45, 2.75) is 23.9 Å². The maximum Gasteiger partial charge on any atom is 0.100 e. The molecule has 1 saturated heterocycles. The highest BCUT2D eigenvalue weighted by atomic mass is 32.2. The van der Waals surface area contributed by atoms with Gasteiger partial charge in [-0.3, -0.25) is 4.90 Å². The van der Waals surface area contributed by atoms with E-state index in [9.17, 15) is 0 Å². The maximum atomic E-state index is 4.41. The molecule has 1 unspecified atom stereocenters. The summed E-state index contributed by atoms with van der Waals surface area (Å²) in [5.74, 6) is 0. The topological polar surface area (TPSA) is 16.1 Å². The molecule has 3 heteroatoms. The average molecular weight is 208 g/mol. The molecule has 76 valence electrons. The lowest BCUT2D eigenvalue weighted by Crippen LogP contribution is -2.18. The molecule has 1 atom stereocenters. The van der Waals surface area contributed by atoms with Gasteiger partial charge in [-0.25, -0.2) is 4.98 Å². The number of aromatic nitrogens is 1. The first-order valence-corrected chi connectivity index (χ1v) is 6.24. The number of hydrogen-bond donors (Lipinski definition) is 0. The molecule has 0 amide bonds. The lowest BCUT2D eigenvalue weighted by molar-refractivity contribution is 0.313. The first-order chi connectivity index (χ1) is 6.83. The van der Waals surface area contributed by atoms with Crippen LogP contribution in [0.3, 0.4) is 0 Å². The van der Waals surface area contributed by atoms with Crippen LogP contribution in [0.2, 0.25) is 0 Å². The summed E-state index contributed by atoms with van der Waals surface area (Å²) in [6, 6.07) is 4.85. The van der Waals surface area contributed by atoms with Crippen molar-refractivity contribution < 1.29 is 0 Å². The number of rotatable bonds is 2. The summed E-state index contributed by atoms with van der Waals surface area (Å²) in [6.45, 7) is 1.22. The van der Waals surface area contributed by atoms with Gasteiger partial charge in [0.25, 0.3) is 0 Å². The zero-order chi connectivity index (χ0) is 9.97. The van der Waals surface area contributed by atoms with E-state index in [2.05, 4.69) is 29.3 Å². The molecule has 2 heterocycles. The second-order valence-corrected chi connectivity index (χ2v) is 4.54. The fraction of sp³-hybridized carbons (Fsp3) is 0.545. The zero-order valence-corrected chi connectivity index (χ0v) is 9.55. The van der Waals surface area contributed by atoms with E-state index in [1.807, 2.05) is 12.3 Å². The molecule has 0 bridgehead atoms. The van der Waals surface area contributed by atoms with Crippen LogP contribution in [0, 0.1) is 0 Å². The van der Waals surface area contributed by atoms with Crippen molar-refractivity contribution >= 4 is 11.8 Å². The molecule has 1 aliphatic rings. The van der Waals surface area contributed by atoms with E-state index < -0.39 is 0 Å². The van der Waals surface area contributed by atoms with Crippen LogP contribution in [0.5, 0.6) is 0 Å². The minimum absolute atomic E-state index is 0.589. The second kappa shape index (κ2) is 4.32. The Hall–Kier alpha value is -0.540. The van der Waals surface area contributed by atoms with Crippen LogP contribution >= 0.6 is 11.8 Å². The molecule has 0 aromatic carbocycles. The van der Waals surface area contributed by atoms with Gasteiger partial charge in [-0.2, -0.15) is 0 Å². The van der Waals surface area contributed by atoms with Crippen LogP contribution in [0.4, 0.5) is 0 Å². The zero-order valence-electron chi connectivity index (χ0n) is 8.73. The van der Waals surface area contributed by atoms with Crippen molar-refractivity contribution in [3.8, 4) is 0 Å². The Labute approximate surface area is 89.7 Å². The van der Waals surface area contributed by atoms with Gasteiger partial charge < -0.3 is 0 Å². The summed E-state index contributed by atoms with van der Waals surface area (Å²) in [7, 11) is 2.20. The third-order valence-corrected chi connectivity index (χ3v) is 3.60. The number of hydrogen-bond acceptors (Lipinski definition) is 3. The monoisotopic (exact) mass is 208 g/mol. The van der Waals surface area contributed by atoms with Crippen LogP contribution in [-0.4, -0.2) is 29.7 Å². The average Bonchev–Trinajstić information content (AvgIpc) is 2.64. The van der Waals surface area contributed by atoms with E-state index in [4.69, 9.17) is 0 Å². The van der Waals surface area contributed by atoms with Gasteiger partial charge in [-0.1, -0.05) is 6.07 Å². The summed E-state index contributed by atoms with van der Waals surface area (Å²) in [5, 5.41) is 1.19. The van der Waals surface area contributed by atoms with E-state index in [0.717, 1.165) is 0 Å². The van der Waals surface area contributed by atoms with Crippen molar-refractivity contribution in [2.75, 3.05) is 19.8 Å². The maximum absolute atomic E-state index is 4.41. The number of likely N-dealkylation sites (tertiary alicyclic amines) is 1. The lowest BCUT2D eigenvalue weighted by atomic mass is 10.1. The highest BCUT2D eigenvalue weighted by Gasteiger charge is 2.24. The van der Waals surface area contributed by atoms with Gasteiger partial charge in [0.15, 0.2) is 0 Å². The molecule has 0 spiro atoms. The van der Waals surface area contributed by atoms with E-state index in [1.54, 1.807) is 11.8 Å². The molecule has 1 aliphatic heterocycles. The SMILES string of the molecule is CSc1ncccc1C1CCCN1C. The predicted molar refractivity (Wildman–Crippen MR) is 60.6 cm³/mol. The van der Waals surface area contributed by atoms with Gasteiger partial charge in [0.1, 0.15) is 5.03 Å². The second-order valence-electron chi connectivity index (χ2n) is 3.74. The summed E-state index contributed by atoms with van der Waals surface area (Å²) < 4.78 is 0. The fourth-order valence-corrected chi connectivity index (χ4v) is 2.74. The number of thioether (sulfide) groups is 1. The number of nitrogens with zero attached hydrogens (tertiary/aromatic N) is 2. The molecule has 14 heavy (non-hydrogen) atoms. The van der Waals surface area contributed by atoms with Crippen molar-refractivity contribution in [2.24, 2.45) is 0 Å². The first kappa shape index (κ1) is 9.99. The minimum atomic E-state index is 0.589. The molecule has 2 nitrogen and oxygen atoms in total. The highest BCUT2D eigenvalue weighted by Crippen LogP contribution is 2.34. The molecule has 0 aliphatic carbocycles. The normalized spacial score (nSPS) is 22.9. The Morgan fingerprint density at radius 2 is 2.43 bits per heavy atom. The summed E-state index contributed by atoms with van der Waals surface area (Å²) >= 11 is 1.75. The quantitative estimate of drug-likeness (QED) is 0.695.